The van der Waals surface area contributed by atoms with Crippen LogP contribution in [0.1, 0.15) is 34.1 Å². The van der Waals surface area contributed by atoms with Crippen LogP contribution < -0.4 is 5.32 Å². The predicted octanol–water partition coefficient (Wildman–Crippen LogP) is 2.60. The molecule has 1 N–H and O–H groups in total. The maximum absolute atomic E-state index is 5.41. The highest BCUT2D eigenvalue weighted by Crippen LogP contribution is 2.04. The van der Waals surface area contributed by atoms with E-state index in [9.17, 15) is 0 Å². The lowest BCUT2D eigenvalue weighted by atomic mass is 10.0. The smallest absolute Gasteiger partial charge is 0.0672 e. The zero-order chi connectivity index (χ0) is 11.0. The zero-order valence-corrected chi connectivity index (χ0v) is 10.1. The van der Waals surface area contributed by atoms with E-state index in [-0.39, 0.29) is 0 Å². The third-order valence-corrected chi connectivity index (χ3v) is 2.25. The maximum Gasteiger partial charge on any atom is 0.0672 e. The van der Waals surface area contributed by atoms with Crippen molar-refractivity contribution in [1.29, 1.82) is 0 Å². The highest BCUT2D eigenvalue weighted by molar-refractivity contribution is 4.87. The lowest BCUT2D eigenvalue weighted by Gasteiger charge is -2.20. The van der Waals surface area contributed by atoms with Gasteiger partial charge in [0.25, 0.3) is 0 Å². The highest BCUT2D eigenvalue weighted by Gasteiger charge is 2.08. The Kier molecular flexibility index (Phi) is 7.81. The fraction of sp³-hybridized carbons (Fsp3) is 0.833. The highest BCUT2D eigenvalue weighted by atomic mass is 16.5. The van der Waals surface area contributed by atoms with Gasteiger partial charge in [-0.15, -0.1) is 0 Å². The van der Waals surface area contributed by atoms with Crippen LogP contribution in [0.15, 0.2) is 12.2 Å². The Labute approximate surface area is 88.7 Å². The van der Waals surface area contributed by atoms with Crippen molar-refractivity contribution in [3.05, 3.63) is 12.2 Å². The van der Waals surface area contributed by atoms with Gasteiger partial charge in [0.15, 0.2) is 0 Å². The second-order valence-corrected chi connectivity index (χ2v) is 4.22. The Morgan fingerprint density at radius 2 is 2.07 bits per heavy atom. The van der Waals surface area contributed by atoms with Gasteiger partial charge < -0.3 is 10.1 Å². The van der Waals surface area contributed by atoms with Crippen molar-refractivity contribution in [3.63, 3.8) is 0 Å². The van der Waals surface area contributed by atoms with Crippen LogP contribution in [0.4, 0.5) is 0 Å². The van der Waals surface area contributed by atoms with Crippen LogP contribution in [-0.4, -0.2) is 25.8 Å². The predicted molar refractivity (Wildman–Crippen MR) is 62.6 cm³/mol. The molecule has 0 amide bonds. The van der Waals surface area contributed by atoms with Gasteiger partial charge in [0.2, 0.25) is 0 Å². The minimum absolute atomic E-state index is 0.614. The van der Waals surface area contributed by atoms with Crippen molar-refractivity contribution in [2.45, 2.75) is 40.2 Å². The summed E-state index contributed by atoms with van der Waals surface area (Å²) in [6, 6.07) is 0.614. The first-order valence-corrected chi connectivity index (χ1v) is 5.53. The minimum Gasteiger partial charge on any atom is -0.376 e. The molecule has 14 heavy (non-hydrogen) atoms. The van der Waals surface area contributed by atoms with E-state index in [1.807, 2.05) is 6.92 Å². The van der Waals surface area contributed by atoms with E-state index in [0.717, 1.165) is 18.7 Å². The third-order valence-electron chi connectivity index (χ3n) is 2.25. The van der Waals surface area contributed by atoms with E-state index in [1.54, 1.807) is 0 Å². The lowest BCUT2D eigenvalue weighted by molar-refractivity contribution is 0.153. The number of rotatable bonds is 8. The Morgan fingerprint density at radius 3 is 2.50 bits per heavy atom. The van der Waals surface area contributed by atoms with Crippen LogP contribution in [0.5, 0.6) is 0 Å². The molecule has 0 fully saturated rings. The van der Waals surface area contributed by atoms with Gasteiger partial charge in [0.05, 0.1) is 13.2 Å². The number of hydrogen-bond donors (Lipinski definition) is 1. The van der Waals surface area contributed by atoms with Crippen molar-refractivity contribution < 1.29 is 4.74 Å². The van der Waals surface area contributed by atoms with Gasteiger partial charge in [-0.05, 0) is 19.3 Å². The van der Waals surface area contributed by atoms with Crippen molar-refractivity contribution in [1.82, 2.24) is 5.32 Å². The van der Waals surface area contributed by atoms with E-state index in [0.29, 0.717) is 18.6 Å². The van der Waals surface area contributed by atoms with Gasteiger partial charge >= 0.3 is 0 Å². The van der Waals surface area contributed by atoms with Gasteiger partial charge in [-0.2, -0.15) is 0 Å². The second kappa shape index (κ2) is 8.01. The standard InChI is InChI=1S/C12H25NO/c1-6-12(11(4)5)13-7-8-14-9-10(2)3/h11-13H,2,6-9H2,1,3-5H3. The average molecular weight is 199 g/mol. The first kappa shape index (κ1) is 13.7. The van der Waals surface area contributed by atoms with E-state index >= 15 is 0 Å². The van der Waals surface area contributed by atoms with Gasteiger partial charge in [0.1, 0.15) is 0 Å². The van der Waals surface area contributed by atoms with Crippen LogP contribution in [0, 0.1) is 5.92 Å². The largest absolute Gasteiger partial charge is 0.376 e. The molecule has 1 unspecified atom stereocenters. The molecule has 0 aromatic carbocycles. The zero-order valence-electron chi connectivity index (χ0n) is 10.1. The molecule has 2 heteroatoms. The molecule has 0 saturated carbocycles. The summed E-state index contributed by atoms with van der Waals surface area (Å²) >= 11 is 0. The molecule has 0 bridgehead atoms. The summed E-state index contributed by atoms with van der Waals surface area (Å²) in [7, 11) is 0. The Hall–Kier alpha value is -0.340. The first-order chi connectivity index (χ1) is 6.57. The second-order valence-electron chi connectivity index (χ2n) is 4.22. The Morgan fingerprint density at radius 1 is 1.43 bits per heavy atom. The van der Waals surface area contributed by atoms with Crippen LogP contribution in [0.3, 0.4) is 0 Å². The quantitative estimate of drug-likeness (QED) is 0.479. The van der Waals surface area contributed by atoms with Gasteiger partial charge in [-0.3, -0.25) is 0 Å². The number of ether oxygens (including phenoxy) is 1. The van der Waals surface area contributed by atoms with Crippen molar-refractivity contribution in [3.8, 4) is 0 Å². The molecular weight excluding hydrogens is 174 g/mol. The van der Waals surface area contributed by atoms with Crippen LogP contribution in [0.2, 0.25) is 0 Å². The number of nitrogens with one attached hydrogen (secondary N) is 1. The first-order valence-electron chi connectivity index (χ1n) is 5.53. The molecule has 0 spiro atoms. The summed E-state index contributed by atoms with van der Waals surface area (Å²) < 4.78 is 5.41. The summed E-state index contributed by atoms with van der Waals surface area (Å²) in [5.74, 6) is 0.696. The summed E-state index contributed by atoms with van der Waals surface area (Å²) in [5, 5.41) is 3.49. The third kappa shape index (κ3) is 7.10. The van der Waals surface area contributed by atoms with Gasteiger partial charge in [0, 0.05) is 12.6 Å². The maximum atomic E-state index is 5.41. The Balaban J connectivity index is 3.38. The van der Waals surface area contributed by atoms with E-state index in [2.05, 4.69) is 32.7 Å². The van der Waals surface area contributed by atoms with E-state index in [1.165, 1.54) is 6.42 Å². The summed E-state index contributed by atoms with van der Waals surface area (Å²) in [5.41, 5.74) is 1.08. The lowest BCUT2D eigenvalue weighted by Crippen LogP contribution is -2.35. The molecular formula is C12H25NO. The average Bonchev–Trinajstić information content (AvgIpc) is 2.10. The fourth-order valence-corrected chi connectivity index (χ4v) is 1.41. The molecule has 0 radical (unpaired) electrons. The molecule has 2 nitrogen and oxygen atoms in total. The van der Waals surface area contributed by atoms with Gasteiger partial charge in [-0.1, -0.05) is 32.9 Å². The minimum atomic E-state index is 0.614. The van der Waals surface area contributed by atoms with Crippen LogP contribution in [0.25, 0.3) is 0 Å². The molecule has 84 valence electrons. The van der Waals surface area contributed by atoms with E-state index < -0.39 is 0 Å². The molecule has 0 rings (SSSR count). The number of hydrogen-bond acceptors (Lipinski definition) is 2. The molecule has 0 aliphatic rings. The summed E-state index contributed by atoms with van der Waals surface area (Å²) in [6.45, 7) is 14.9. The molecule has 0 aromatic rings. The van der Waals surface area contributed by atoms with Gasteiger partial charge in [-0.25, -0.2) is 0 Å². The van der Waals surface area contributed by atoms with Crippen molar-refractivity contribution in [2.75, 3.05) is 19.8 Å². The normalized spacial score (nSPS) is 13.2. The van der Waals surface area contributed by atoms with Crippen LogP contribution in [-0.2, 0) is 4.74 Å². The van der Waals surface area contributed by atoms with Crippen molar-refractivity contribution >= 4 is 0 Å². The SMILES string of the molecule is C=C(C)COCCNC(CC)C(C)C. The van der Waals surface area contributed by atoms with E-state index in [4.69, 9.17) is 4.74 Å². The monoisotopic (exact) mass is 199 g/mol. The molecule has 0 saturated heterocycles. The molecule has 1 atom stereocenters. The molecule has 0 aliphatic heterocycles. The van der Waals surface area contributed by atoms with Crippen LogP contribution >= 0.6 is 0 Å². The molecule has 0 aliphatic carbocycles. The summed E-state index contributed by atoms with van der Waals surface area (Å²) in [4.78, 5) is 0. The van der Waals surface area contributed by atoms with Crippen molar-refractivity contribution in [2.24, 2.45) is 5.92 Å². The molecule has 0 aromatic heterocycles. The fourth-order valence-electron chi connectivity index (χ4n) is 1.41. The molecule has 0 heterocycles. The summed E-state index contributed by atoms with van der Waals surface area (Å²) in [6.07, 6.45) is 1.18. The Bertz CT molecular complexity index is 154. The topological polar surface area (TPSA) is 21.3 Å².